The van der Waals surface area contributed by atoms with E-state index < -0.39 is 11.8 Å². The number of hydrogen-bond acceptors (Lipinski definition) is 3. The molecule has 0 heterocycles. The van der Waals surface area contributed by atoms with Crippen LogP contribution in [0.5, 0.6) is 0 Å². The van der Waals surface area contributed by atoms with Crippen molar-refractivity contribution in [2.24, 2.45) is 0 Å². The number of amides is 1. The summed E-state index contributed by atoms with van der Waals surface area (Å²) < 4.78 is 18.0. The summed E-state index contributed by atoms with van der Waals surface area (Å²) >= 11 is 5.82. The van der Waals surface area contributed by atoms with Crippen molar-refractivity contribution >= 4 is 23.5 Å². The average Bonchev–Trinajstić information content (AvgIpc) is 2.54. The normalized spacial score (nSPS) is 15.3. The molecule has 0 radical (unpaired) electrons. The summed E-state index contributed by atoms with van der Waals surface area (Å²) in [4.78, 5) is 26.0. The van der Waals surface area contributed by atoms with Crippen LogP contribution >= 0.6 is 11.6 Å². The Labute approximate surface area is 140 Å². The summed E-state index contributed by atoms with van der Waals surface area (Å²) in [5.41, 5.74) is 0.0570. The van der Waals surface area contributed by atoms with Crippen molar-refractivity contribution in [3.8, 4) is 0 Å². The predicted molar refractivity (Wildman–Crippen MR) is 86.0 cm³/mol. The Bertz CT molecular complexity index is 573. The quantitative estimate of drug-likeness (QED) is 0.765. The average molecular weight is 342 g/mol. The van der Waals surface area contributed by atoms with E-state index in [4.69, 9.17) is 16.3 Å². The van der Waals surface area contributed by atoms with Crippen LogP contribution in [-0.4, -0.2) is 36.0 Å². The maximum absolute atomic E-state index is 13.0. The van der Waals surface area contributed by atoms with E-state index in [0.717, 1.165) is 37.8 Å². The van der Waals surface area contributed by atoms with Gasteiger partial charge in [0.1, 0.15) is 5.82 Å². The fourth-order valence-corrected chi connectivity index (χ4v) is 3.22. The van der Waals surface area contributed by atoms with Gasteiger partial charge in [-0.15, -0.1) is 0 Å². The summed E-state index contributed by atoms with van der Waals surface area (Å²) in [5.74, 6) is -1.45. The first kappa shape index (κ1) is 17.7. The molecule has 1 fully saturated rings. The highest BCUT2D eigenvalue weighted by Crippen LogP contribution is 2.23. The summed E-state index contributed by atoms with van der Waals surface area (Å²) in [7, 11) is 0. The molecule has 0 saturated heterocycles. The first-order valence-electron chi connectivity index (χ1n) is 7.94. The third kappa shape index (κ3) is 4.67. The highest BCUT2D eigenvalue weighted by atomic mass is 35.5. The van der Waals surface area contributed by atoms with Crippen LogP contribution in [0.2, 0.25) is 5.02 Å². The lowest BCUT2D eigenvalue weighted by Gasteiger charge is -2.33. The fraction of sp³-hybridized carbons (Fsp3) is 0.529. The summed E-state index contributed by atoms with van der Waals surface area (Å²) in [6, 6.07) is 3.66. The number of benzene rings is 1. The van der Waals surface area contributed by atoms with Gasteiger partial charge in [0.25, 0.3) is 5.91 Å². The second-order valence-electron chi connectivity index (χ2n) is 5.67. The van der Waals surface area contributed by atoms with Crippen LogP contribution in [-0.2, 0) is 9.53 Å². The molecule has 0 N–H and O–H groups in total. The Balaban J connectivity index is 1.92. The monoisotopic (exact) mass is 341 g/mol. The van der Waals surface area contributed by atoms with Crippen molar-refractivity contribution in [3.05, 3.63) is 34.6 Å². The molecule has 23 heavy (non-hydrogen) atoms. The van der Waals surface area contributed by atoms with Gasteiger partial charge >= 0.3 is 5.97 Å². The third-order valence-electron chi connectivity index (χ3n) is 4.15. The Kier molecular flexibility index (Phi) is 6.39. The minimum atomic E-state index is -0.719. The van der Waals surface area contributed by atoms with Gasteiger partial charge in [-0.05, 0) is 38.0 Å². The molecule has 0 atom stereocenters. The van der Waals surface area contributed by atoms with Gasteiger partial charge in [0.05, 0.1) is 10.6 Å². The van der Waals surface area contributed by atoms with Crippen molar-refractivity contribution in [1.29, 1.82) is 0 Å². The number of rotatable bonds is 5. The van der Waals surface area contributed by atoms with E-state index in [1.165, 1.54) is 12.5 Å². The number of esters is 1. The number of ether oxygens (including phenoxy) is 1. The van der Waals surface area contributed by atoms with E-state index in [0.29, 0.717) is 6.54 Å². The van der Waals surface area contributed by atoms with Crippen molar-refractivity contribution in [3.63, 3.8) is 0 Å². The minimum Gasteiger partial charge on any atom is -0.452 e. The Morgan fingerprint density at radius 1 is 1.30 bits per heavy atom. The maximum atomic E-state index is 13.0. The number of carbonyl (C=O) groups is 2. The third-order valence-corrected chi connectivity index (χ3v) is 4.47. The lowest BCUT2D eigenvalue weighted by molar-refractivity contribution is -0.137. The molecule has 0 unspecified atom stereocenters. The second-order valence-corrected chi connectivity index (χ2v) is 6.08. The van der Waals surface area contributed by atoms with Gasteiger partial charge in [-0.25, -0.2) is 9.18 Å². The van der Waals surface area contributed by atoms with Gasteiger partial charge in [0, 0.05) is 12.6 Å². The maximum Gasteiger partial charge on any atom is 0.340 e. The summed E-state index contributed by atoms with van der Waals surface area (Å²) in [6.45, 7) is 2.19. The van der Waals surface area contributed by atoms with Crippen LogP contribution in [0.1, 0.15) is 49.4 Å². The first-order chi connectivity index (χ1) is 11.0. The van der Waals surface area contributed by atoms with Crippen LogP contribution in [0, 0.1) is 5.82 Å². The zero-order valence-electron chi connectivity index (χ0n) is 13.2. The van der Waals surface area contributed by atoms with Crippen molar-refractivity contribution in [2.75, 3.05) is 13.2 Å². The van der Waals surface area contributed by atoms with Gasteiger partial charge in [0.2, 0.25) is 0 Å². The molecule has 0 bridgehead atoms. The second kappa shape index (κ2) is 8.29. The van der Waals surface area contributed by atoms with E-state index in [1.54, 1.807) is 4.90 Å². The van der Waals surface area contributed by atoms with E-state index in [2.05, 4.69) is 0 Å². The van der Waals surface area contributed by atoms with Crippen molar-refractivity contribution < 1.29 is 18.7 Å². The molecule has 1 aromatic carbocycles. The zero-order chi connectivity index (χ0) is 16.8. The summed E-state index contributed by atoms with van der Waals surface area (Å²) in [5, 5.41) is -0.0259. The number of hydrogen-bond donors (Lipinski definition) is 0. The molecule has 1 saturated carbocycles. The fourth-order valence-electron chi connectivity index (χ4n) is 2.97. The Morgan fingerprint density at radius 3 is 2.61 bits per heavy atom. The zero-order valence-corrected chi connectivity index (χ0v) is 13.9. The van der Waals surface area contributed by atoms with E-state index >= 15 is 0 Å². The molecular weight excluding hydrogens is 321 g/mol. The van der Waals surface area contributed by atoms with E-state index in [9.17, 15) is 14.0 Å². The first-order valence-corrected chi connectivity index (χ1v) is 8.32. The van der Waals surface area contributed by atoms with Gasteiger partial charge in [0.15, 0.2) is 6.61 Å². The van der Waals surface area contributed by atoms with Crippen LogP contribution in [0.25, 0.3) is 0 Å². The molecule has 1 aliphatic rings. The van der Waals surface area contributed by atoms with Crippen molar-refractivity contribution in [1.82, 2.24) is 4.90 Å². The molecule has 1 amide bonds. The number of halogens is 2. The molecule has 1 aromatic rings. The van der Waals surface area contributed by atoms with Crippen LogP contribution in [0.3, 0.4) is 0 Å². The Morgan fingerprint density at radius 2 is 2.00 bits per heavy atom. The molecule has 0 aliphatic heterocycles. The highest BCUT2D eigenvalue weighted by molar-refractivity contribution is 6.33. The SMILES string of the molecule is CCN(C(=O)COC(=O)c1ccc(F)cc1Cl)C1CCCCC1. The molecule has 126 valence electrons. The molecule has 6 heteroatoms. The molecule has 0 spiro atoms. The smallest absolute Gasteiger partial charge is 0.340 e. The standard InChI is InChI=1S/C17H21ClFNO3/c1-2-20(13-6-4-3-5-7-13)16(21)11-23-17(22)14-9-8-12(19)10-15(14)18/h8-10,13H,2-7,11H2,1H3. The lowest BCUT2D eigenvalue weighted by atomic mass is 9.94. The number of nitrogens with zero attached hydrogens (tertiary/aromatic N) is 1. The van der Waals surface area contributed by atoms with Gasteiger partial charge in [-0.1, -0.05) is 30.9 Å². The van der Waals surface area contributed by atoms with E-state index in [-0.39, 0.29) is 29.1 Å². The van der Waals surface area contributed by atoms with Gasteiger partial charge in [-0.3, -0.25) is 4.79 Å². The predicted octanol–water partition coefficient (Wildman–Crippen LogP) is 3.82. The highest BCUT2D eigenvalue weighted by Gasteiger charge is 2.25. The van der Waals surface area contributed by atoms with Crippen LogP contribution in [0.15, 0.2) is 18.2 Å². The topological polar surface area (TPSA) is 46.6 Å². The van der Waals surface area contributed by atoms with Crippen molar-refractivity contribution in [2.45, 2.75) is 45.1 Å². The van der Waals surface area contributed by atoms with Gasteiger partial charge < -0.3 is 9.64 Å². The molecule has 4 nitrogen and oxygen atoms in total. The molecule has 2 rings (SSSR count). The summed E-state index contributed by atoms with van der Waals surface area (Å²) in [6.07, 6.45) is 5.45. The Hall–Kier alpha value is -1.62. The van der Waals surface area contributed by atoms with Crippen LogP contribution in [0.4, 0.5) is 4.39 Å². The van der Waals surface area contributed by atoms with E-state index in [1.807, 2.05) is 6.92 Å². The molecule has 1 aliphatic carbocycles. The number of carbonyl (C=O) groups excluding carboxylic acids is 2. The minimum absolute atomic E-state index is 0.0259. The number of likely N-dealkylation sites (N-methyl/N-ethyl adjacent to an activating group) is 1. The molecular formula is C17H21ClFNO3. The molecule has 0 aromatic heterocycles. The van der Waals surface area contributed by atoms with Gasteiger partial charge in [-0.2, -0.15) is 0 Å². The lowest BCUT2D eigenvalue weighted by Crippen LogP contribution is -2.43. The van der Waals surface area contributed by atoms with Crippen LogP contribution < -0.4 is 0 Å². The largest absolute Gasteiger partial charge is 0.452 e.